The van der Waals surface area contributed by atoms with E-state index in [-0.39, 0.29) is 43.3 Å². The second-order valence-electron chi connectivity index (χ2n) is 8.33. The lowest BCUT2D eigenvalue weighted by Gasteiger charge is -2.16. The van der Waals surface area contributed by atoms with Crippen LogP contribution < -0.4 is 16.0 Å². The van der Waals surface area contributed by atoms with E-state index in [0.29, 0.717) is 49.3 Å². The molecule has 0 spiro atoms. The molecule has 11 nitrogen and oxygen atoms in total. The molecule has 3 unspecified atom stereocenters. The zero-order valence-corrected chi connectivity index (χ0v) is 19.5. The van der Waals surface area contributed by atoms with E-state index in [0.717, 1.165) is 25.0 Å². The van der Waals surface area contributed by atoms with Gasteiger partial charge in [-0.05, 0) is 25.7 Å². The minimum atomic E-state index is -0.634. The first-order valence-electron chi connectivity index (χ1n) is 11.5. The molecule has 0 saturated carbocycles. The van der Waals surface area contributed by atoms with Crippen LogP contribution in [0.3, 0.4) is 0 Å². The van der Waals surface area contributed by atoms with Gasteiger partial charge in [0.05, 0.1) is 18.5 Å². The normalized spacial score (nSPS) is 23.9. The van der Waals surface area contributed by atoms with Crippen LogP contribution in [0.5, 0.6) is 0 Å². The number of thioether (sulfide) groups is 1. The van der Waals surface area contributed by atoms with Crippen molar-refractivity contribution in [1.82, 2.24) is 21.0 Å². The van der Waals surface area contributed by atoms with Gasteiger partial charge in [0.15, 0.2) is 0 Å². The van der Waals surface area contributed by atoms with Crippen molar-refractivity contribution < 1.29 is 33.5 Å². The van der Waals surface area contributed by atoms with Crippen LogP contribution in [-0.4, -0.2) is 77.6 Å². The molecule has 3 heterocycles. The molecule has 0 aromatic rings. The molecule has 3 saturated heterocycles. The number of amides is 5. The summed E-state index contributed by atoms with van der Waals surface area (Å²) in [6.45, 7) is 1.33. The van der Waals surface area contributed by atoms with Crippen molar-refractivity contribution in [2.75, 3.05) is 25.5 Å². The molecule has 0 aromatic heterocycles. The number of hydroxylamine groups is 2. The lowest BCUT2D eigenvalue weighted by atomic mass is 10.0. The van der Waals surface area contributed by atoms with Crippen molar-refractivity contribution in [3.8, 4) is 0 Å². The Bertz CT molecular complexity index is 734. The van der Waals surface area contributed by atoms with Gasteiger partial charge in [0, 0.05) is 50.0 Å². The Hall–Kier alpha value is -2.34. The van der Waals surface area contributed by atoms with Gasteiger partial charge in [0.2, 0.25) is 5.91 Å². The number of hydrogen-bond acceptors (Lipinski definition) is 8. The molecule has 33 heavy (non-hydrogen) atoms. The molecular formula is C21H32N4O7S. The fourth-order valence-electron chi connectivity index (χ4n) is 3.99. The minimum Gasteiger partial charge on any atom is -0.381 e. The van der Waals surface area contributed by atoms with Gasteiger partial charge < -0.3 is 25.5 Å². The Balaban J connectivity index is 1.10. The van der Waals surface area contributed by atoms with Crippen molar-refractivity contribution in [2.24, 2.45) is 0 Å². The van der Waals surface area contributed by atoms with E-state index >= 15 is 0 Å². The number of carbonyl (C=O) groups is 5. The number of nitrogens with zero attached hydrogens (tertiary/aromatic N) is 1. The Kier molecular flexibility index (Phi) is 9.79. The average Bonchev–Trinajstić information content (AvgIpc) is 3.43. The number of hydrogen-bond donors (Lipinski definition) is 3. The van der Waals surface area contributed by atoms with Gasteiger partial charge in [0.25, 0.3) is 11.8 Å². The predicted octanol–water partition coefficient (Wildman–Crippen LogP) is 0.623. The van der Waals surface area contributed by atoms with Gasteiger partial charge in [-0.15, -0.1) is 5.06 Å². The summed E-state index contributed by atoms with van der Waals surface area (Å²) in [5.74, 6) is -0.646. The zero-order valence-electron chi connectivity index (χ0n) is 18.6. The number of fused-ring (bicyclic) bond motifs is 1. The maximum atomic E-state index is 11.9. The number of imide groups is 1. The van der Waals surface area contributed by atoms with E-state index in [2.05, 4.69) is 16.0 Å². The molecule has 0 aliphatic carbocycles. The van der Waals surface area contributed by atoms with Gasteiger partial charge in [-0.1, -0.05) is 6.42 Å². The molecule has 5 amide bonds. The highest BCUT2D eigenvalue weighted by Crippen LogP contribution is 2.33. The standard InChI is InChI=1S/C21H32N4O7S/c26-16(6-2-1-5-15-20-14(13-33-15)23-21(30)24-20)22-10-4-12-31-11-3-7-19(29)32-25-17(27)8-9-18(25)28/h14-15,20H,1-13H2,(H,22,26)(H2,23,24,30). The zero-order chi connectivity index (χ0) is 23.6. The first-order chi connectivity index (χ1) is 15.9. The molecule has 3 aliphatic heterocycles. The molecule has 0 bridgehead atoms. The summed E-state index contributed by atoms with van der Waals surface area (Å²) in [7, 11) is 0. The molecule has 184 valence electrons. The van der Waals surface area contributed by atoms with E-state index in [1.54, 1.807) is 0 Å². The number of rotatable bonds is 14. The molecular weight excluding hydrogens is 452 g/mol. The van der Waals surface area contributed by atoms with Crippen LogP contribution in [0.2, 0.25) is 0 Å². The Labute approximate surface area is 197 Å². The third-order valence-electron chi connectivity index (χ3n) is 5.74. The molecule has 3 fully saturated rings. The van der Waals surface area contributed by atoms with Crippen LogP contribution in [0.25, 0.3) is 0 Å². The number of ether oxygens (including phenoxy) is 1. The topological polar surface area (TPSA) is 143 Å². The fourth-order valence-corrected chi connectivity index (χ4v) is 5.53. The van der Waals surface area contributed by atoms with E-state index in [1.165, 1.54) is 0 Å². The highest BCUT2D eigenvalue weighted by Gasteiger charge is 2.42. The summed E-state index contributed by atoms with van der Waals surface area (Å²) in [5, 5.41) is 9.75. The quantitative estimate of drug-likeness (QED) is 0.185. The van der Waals surface area contributed by atoms with Crippen molar-refractivity contribution in [3.63, 3.8) is 0 Å². The summed E-state index contributed by atoms with van der Waals surface area (Å²) < 4.78 is 5.43. The van der Waals surface area contributed by atoms with Crippen LogP contribution in [0.1, 0.15) is 57.8 Å². The largest absolute Gasteiger partial charge is 0.381 e. The Morgan fingerprint density at radius 1 is 1.00 bits per heavy atom. The van der Waals surface area contributed by atoms with Crippen LogP contribution in [0, 0.1) is 0 Å². The highest BCUT2D eigenvalue weighted by molar-refractivity contribution is 8.00. The smallest absolute Gasteiger partial charge is 0.333 e. The molecule has 12 heteroatoms. The molecule has 3 atom stereocenters. The third-order valence-corrected chi connectivity index (χ3v) is 7.25. The number of urea groups is 1. The van der Waals surface area contributed by atoms with Crippen molar-refractivity contribution in [2.45, 2.75) is 75.1 Å². The third kappa shape index (κ3) is 7.88. The van der Waals surface area contributed by atoms with E-state index < -0.39 is 17.8 Å². The predicted molar refractivity (Wildman–Crippen MR) is 119 cm³/mol. The second kappa shape index (κ2) is 12.8. The molecule has 3 rings (SSSR count). The van der Waals surface area contributed by atoms with Crippen LogP contribution >= 0.6 is 11.8 Å². The summed E-state index contributed by atoms with van der Waals surface area (Å²) in [6, 6.07) is 0.368. The molecule has 3 aliphatic rings. The molecule has 0 radical (unpaired) electrons. The first kappa shape index (κ1) is 25.3. The van der Waals surface area contributed by atoms with Gasteiger partial charge in [0.1, 0.15) is 0 Å². The summed E-state index contributed by atoms with van der Waals surface area (Å²) in [6.07, 6.45) is 4.55. The SMILES string of the molecule is O=C(CCCCC1SCC2NC(=O)NC21)NCCCOCCCC(=O)ON1C(=O)CCC1=O. The van der Waals surface area contributed by atoms with E-state index in [4.69, 9.17) is 9.57 Å². The monoisotopic (exact) mass is 484 g/mol. The van der Waals surface area contributed by atoms with E-state index in [1.807, 2.05) is 11.8 Å². The van der Waals surface area contributed by atoms with Crippen LogP contribution in [-0.2, 0) is 28.8 Å². The van der Waals surface area contributed by atoms with Crippen LogP contribution in [0.15, 0.2) is 0 Å². The molecule has 0 aromatic carbocycles. The fraction of sp³-hybridized carbons (Fsp3) is 0.762. The maximum absolute atomic E-state index is 11.9. The average molecular weight is 485 g/mol. The van der Waals surface area contributed by atoms with Gasteiger partial charge >= 0.3 is 12.0 Å². The van der Waals surface area contributed by atoms with E-state index in [9.17, 15) is 24.0 Å². The van der Waals surface area contributed by atoms with Crippen LogP contribution in [0.4, 0.5) is 4.79 Å². The lowest BCUT2D eigenvalue weighted by molar-refractivity contribution is -0.197. The van der Waals surface area contributed by atoms with Gasteiger partial charge in [-0.3, -0.25) is 14.4 Å². The second-order valence-corrected chi connectivity index (χ2v) is 9.60. The Morgan fingerprint density at radius 3 is 2.55 bits per heavy atom. The molecule has 3 N–H and O–H groups in total. The Morgan fingerprint density at radius 2 is 1.76 bits per heavy atom. The van der Waals surface area contributed by atoms with Gasteiger partial charge in [-0.25, -0.2) is 9.59 Å². The van der Waals surface area contributed by atoms with Crippen molar-refractivity contribution in [1.29, 1.82) is 0 Å². The number of nitrogens with one attached hydrogen (secondary N) is 3. The highest BCUT2D eigenvalue weighted by atomic mass is 32.2. The minimum absolute atomic E-state index is 0.0246. The maximum Gasteiger partial charge on any atom is 0.333 e. The number of carbonyl (C=O) groups excluding carboxylic acids is 5. The summed E-state index contributed by atoms with van der Waals surface area (Å²) >= 11 is 1.88. The summed E-state index contributed by atoms with van der Waals surface area (Å²) in [5.41, 5.74) is 0. The van der Waals surface area contributed by atoms with Crippen molar-refractivity contribution in [3.05, 3.63) is 0 Å². The van der Waals surface area contributed by atoms with Gasteiger partial charge in [-0.2, -0.15) is 11.8 Å². The lowest BCUT2D eigenvalue weighted by Crippen LogP contribution is -2.36. The first-order valence-corrected chi connectivity index (χ1v) is 12.6. The number of unbranched alkanes of at least 4 members (excludes halogenated alkanes) is 1. The summed E-state index contributed by atoms with van der Waals surface area (Å²) in [4.78, 5) is 62.5. The van der Waals surface area contributed by atoms with Crippen molar-refractivity contribution >= 4 is 41.5 Å².